The third-order valence-corrected chi connectivity index (χ3v) is 6.26. The van der Waals surface area contributed by atoms with E-state index in [1.54, 1.807) is 0 Å². The second-order valence-electron chi connectivity index (χ2n) is 7.74. The van der Waals surface area contributed by atoms with Gasteiger partial charge in [-0.05, 0) is 38.0 Å². The predicted octanol–water partition coefficient (Wildman–Crippen LogP) is 1.70. The summed E-state index contributed by atoms with van der Waals surface area (Å²) < 4.78 is 23.2. The molecule has 132 valence electrons. The molecule has 4 aliphatic rings. The van der Waals surface area contributed by atoms with Gasteiger partial charge in [0.15, 0.2) is 0 Å². The molecule has 0 radical (unpaired) electrons. The lowest BCUT2D eigenvalue weighted by atomic mass is 9.79. The van der Waals surface area contributed by atoms with Crippen molar-refractivity contribution in [2.75, 3.05) is 59.3 Å². The topological polar surface area (TPSA) is 40.2 Å². The summed E-state index contributed by atoms with van der Waals surface area (Å²) in [6.07, 6.45) is 5.84. The van der Waals surface area contributed by atoms with Crippen LogP contribution in [0.25, 0.3) is 0 Å². The van der Waals surface area contributed by atoms with Gasteiger partial charge < -0.3 is 18.9 Å². The van der Waals surface area contributed by atoms with E-state index in [9.17, 15) is 0 Å². The van der Waals surface area contributed by atoms with Crippen molar-refractivity contribution in [1.82, 2.24) is 4.90 Å². The number of hydrogen-bond donors (Lipinski definition) is 0. The van der Waals surface area contributed by atoms with E-state index in [0.29, 0.717) is 17.9 Å². The molecule has 0 aromatic carbocycles. The largest absolute Gasteiger partial charge is 0.381 e. The Bertz CT molecular complexity index is 373. The van der Waals surface area contributed by atoms with Crippen molar-refractivity contribution in [2.45, 2.75) is 43.7 Å². The Kier molecular flexibility index (Phi) is 5.21. The third kappa shape index (κ3) is 3.59. The molecule has 1 unspecified atom stereocenters. The van der Waals surface area contributed by atoms with Gasteiger partial charge in [0, 0.05) is 64.7 Å². The second-order valence-corrected chi connectivity index (χ2v) is 7.74. The van der Waals surface area contributed by atoms with E-state index in [0.717, 1.165) is 78.6 Å². The molecule has 0 aromatic rings. The average molecular weight is 325 g/mol. The van der Waals surface area contributed by atoms with Crippen LogP contribution in [0, 0.1) is 11.8 Å². The van der Waals surface area contributed by atoms with Crippen LogP contribution in [0.2, 0.25) is 0 Å². The van der Waals surface area contributed by atoms with Crippen LogP contribution < -0.4 is 0 Å². The fraction of sp³-hybridized carbons (Fsp3) is 1.00. The van der Waals surface area contributed by atoms with Crippen molar-refractivity contribution in [3.8, 4) is 0 Å². The number of nitrogens with zero attached hydrogens (tertiary/aromatic N) is 1. The van der Waals surface area contributed by atoms with Crippen molar-refractivity contribution in [3.63, 3.8) is 0 Å². The zero-order chi connectivity index (χ0) is 15.5. The molecule has 4 aliphatic heterocycles. The molecule has 4 heterocycles. The Labute approximate surface area is 139 Å². The van der Waals surface area contributed by atoms with Crippen LogP contribution >= 0.6 is 0 Å². The Morgan fingerprint density at radius 2 is 1.52 bits per heavy atom. The molecule has 0 aliphatic carbocycles. The highest BCUT2D eigenvalue weighted by Crippen LogP contribution is 2.42. The fourth-order valence-corrected chi connectivity index (χ4v) is 4.61. The summed E-state index contributed by atoms with van der Waals surface area (Å²) >= 11 is 0. The van der Waals surface area contributed by atoms with Gasteiger partial charge in [-0.15, -0.1) is 0 Å². The molecular formula is C18H31NO4. The van der Waals surface area contributed by atoms with Gasteiger partial charge in [0.25, 0.3) is 0 Å². The molecule has 0 N–H and O–H groups in total. The minimum absolute atomic E-state index is 0.0913. The molecule has 5 heteroatoms. The van der Waals surface area contributed by atoms with Gasteiger partial charge in [-0.1, -0.05) is 0 Å². The second kappa shape index (κ2) is 7.36. The number of ether oxygens (including phenoxy) is 4. The molecule has 0 bridgehead atoms. The van der Waals surface area contributed by atoms with Crippen LogP contribution in [-0.4, -0.2) is 75.9 Å². The highest BCUT2D eigenvalue weighted by atomic mass is 16.5. The highest BCUT2D eigenvalue weighted by Gasteiger charge is 2.54. The first kappa shape index (κ1) is 16.3. The van der Waals surface area contributed by atoms with E-state index in [2.05, 4.69) is 4.90 Å². The number of hydrogen-bond acceptors (Lipinski definition) is 5. The van der Waals surface area contributed by atoms with Crippen molar-refractivity contribution in [1.29, 1.82) is 0 Å². The summed E-state index contributed by atoms with van der Waals surface area (Å²) in [4.78, 5) is 2.61. The first-order valence-electron chi connectivity index (χ1n) is 9.47. The van der Waals surface area contributed by atoms with Gasteiger partial charge in [0.2, 0.25) is 0 Å². The molecule has 1 atom stereocenters. The highest BCUT2D eigenvalue weighted by molar-refractivity contribution is 5.06. The van der Waals surface area contributed by atoms with E-state index < -0.39 is 0 Å². The summed E-state index contributed by atoms with van der Waals surface area (Å²) in [7, 11) is 0. The van der Waals surface area contributed by atoms with Crippen molar-refractivity contribution >= 4 is 0 Å². The summed E-state index contributed by atoms with van der Waals surface area (Å²) in [5.74, 6) is 1.28. The van der Waals surface area contributed by atoms with Gasteiger partial charge in [0.05, 0.1) is 12.2 Å². The Morgan fingerprint density at radius 3 is 2.26 bits per heavy atom. The number of rotatable bonds is 5. The van der Waals surface area contributed by atoms with Crippen LogP contribution in [0.4, 0.5) is 0 Å². The monoisotopic (exact) mass is 325 g/mol. The van der Waals surface area contributed by atoms with Crippen LogP contribution in [0.15, 0.2) is 0 Å². The van der Waals surface area contributed by atoms with E-state index >= 15 is 0 Å². The number of likely N-dealkylation sites (tertiary alicyclic amines) is 1. The maximum atomic E-state index is 6.18. The molecule has 4 fully saturated rings. The molecule has 1 spiro atoms. The minimum Gasteiger partial charge on any atom is -0.381 e. The molecule has 23 heavy (non-hydrogen) atoms. The van der Waals surface area contributed by atoms with E-state index in [-0.39, 0.29) is 5.60 Å². The Balaban J connectivity index is 1.21. The van der Waals surface area contributed by atoms with E-state index in [4.69, 9.17) is 18.9 Å². The van der Waals surface area contributed by atoms with Crippen molar-refractivity contribution < 1.29 is 18.9 Å². The zero-order valence-electron chi connectivity index (χ0n) is 14.2. The van der Waals surface area contributed by atoms with Gasteiger partial charge in [-0.25, -0.2) is 0 Å². The maximum absolute atomic E-state index is 6.18. The predicted molar refractivity (Wildman–Crippen MR) is 86.6 cm³/mol. The first-order chi connectivity index (χ1) is 11.4. The van der Waals surface area contributed by atoms with Crippen LogP contribution in [0.1, 0.15) is 32.1 Å². The van der Waals surface area contributed by atoms with Gasteiger partial charge >= 0.3 is 0 Å². The molecule has 0 aromatic heterocycles. The average Bonchev–Trinajstić information content (AvgIpc) is 2.99. The van der Waals surface area contributed by atoms with Crippen LogP contribution in [0.3, 0.4) is 0 Å². The van der Waals surface area contributed by atoms with E-state index in [1.165, 1.54) is 12.8 Å². The van der Waals surface area contributed by atoms with Crippen LogP contribution in [-0.2, 0) is 18.9 Å². The van der Waals surface area contributed by atoms with Crippen molar-refractivity contribution in [3.05, 3.63) is 0 Å². The first-order valence-corrected chi connectivity index (χ1v) is 9.47. The Morgan fingerprint density at radius 1 is 0.826 bits per heavy atom. The third-order valence-electron chi connectivity index (χ3n) is 6.26. The van der Waals surface area contributed by atoms with Gasteiger partial charge in [-0.2, -0.15) is 0 Å². The smallest absolute Gasteiger partial charge is 0.0985 e. The normalized spacial score (nSPS) is 33.1. The molecule has 4 rings (SSSR count). The molecule has 0 saturated carbocycles. The summed E-state index contributed by atoms with van der Waals surface area (Å²) in [6.45, 7) is 8.55. The summed E-state index contributed by atoms with van der Waals surface area (Å²) in [5.41, 5.74) is 0.0913. The Hall–Kier alpha value is -0.200. The van der Waals surface area contributed by atoms with E-state index in [1.807, 2.05) is 0 Å². The lowest BCUT2D eigenvalue weighted by Gasteiger charge is -2.54. The summed E-state index contributed by atoms with van der Waals surface area (Å²) in [6, 6.07) is 0.711. The quantitative estimate of drug-likeness (QED) is 0.769. The van der Waals surface area contributed by atoms with Gasteiger partial charge in [0.1, 0.15) is 0 Å². The fourth-order valence-electron chi connectivity index (χ4n) is 4.61. The lowest BCUT2D eigenvalue weighted by Crippen LogP contribution is -2.68. The van der Waals surface area contributed by atoms with Gasteiger partial charge in [-0.3, -0.25) is 4.90 Å². The lowest BCUT2D eigenvalue weighted by molar-refractivity contribution is -0.164. The molecular weight excluding hydrogens is 294 g/mol. The summed E-state index contributed by atoms with van der Waals surface area (Å²) in [5, 5.41) is 0. The van der Waals surface area contributed by atoms with Crippen LogP contribution in [0.5, 0.6) is 0 Å². The zero-order valence-corrected chi connectivity index (χ0v) is 14.2. The molecule has 0 amide bonds. The SMILES string of the molecule is C1CC(COCC2CCOC23CN(C2CCOCC2)C3)CCO1. The maximum Gasteiger partial charge on any atom is 0.0985 e. The minimum atomic E-state index is 0.0913. The molecule has 5 nitrogen and oxygen atoms in total. The molecule has 4 saturated heterocycles. The van der Waals surface area contributed by atoms with Crippen molar-refractivity contribution in [2.24, 2.45) is 11.8 Å². The standard InChI is InChI=1S/C18H31NO4/c1-6-20-7-2-15(1)11-22-12-16-3-10-23-18(16)13-19(14-18)17-4-8-21-9-5-17/h15-17H,1-14H2.